The van der Waals surface area contributed by atoms with E-state index in [0.717, 1.165) is 5.56 Å². The summed E-state index contributed by atoms with van der Waals surface area (Å²) in [7, 11) is 1.55. The molecule has 0 fully saturated rings. The van der Waals surface area contributed by atoms with Crippen LogP contribution in [0.1, 0.15) is 16.2 Å². The molecule has 31 heavy (non-hydrogen) atoms. The quantitative estimate of drug-likeness (QED) is 0.636. The zero-order valence-electron chi connectivity index (χ0n) is 16.6. The third kappa shape index (κ3) is 4.18. The molecule has 1 aliphatic rings. The number of fused-ring (bicyclic) bond motifs is 1. The first-order valence-electron chi connectivity index (χ1n) is 9.46. The van der Waals surface area contributed by atoms with Gasteiger partial charge in [0.05, 0.1) is 10.7 Å². The topological polar surface area (TPSA) is 123 Å². The number of benzene rings is 1. The number of likely N-dealkylation sites (N-methyl/N-ethyl adjacent to an activating group) is 1. The van der Waals surface area contributed by atoms with Crippen molar-refractivity contribution in [1.29, 1.82) is 0 Å². The van der Waals surface area contributed by atoms with E-state index in [1.807, 2.05) is 30.3 Å². The standard InChI is InChI=1S/C21H19ClN6O3/c1-28-19-16(7-14(22)10-25-19)31-11-15(21(28)30)26-20(29)18-24-9-13(8-23)17(27-18)12-5-3-2-4-6-12/h2-7,9-10,15H,8,11,23H2,1H3,(H,26,29). The SMILES string of the molecule is CN1C(=O)C(NC(=O)c2ncc(CN)c(-c3ccccc3)n2)COc2cc(Cl)cnc21. The molecule has 0 radical (unpaired) electrons. The number of pyridine rings is 1. The summed E-state index contributed by atoms with van der Waals surface area (Å²) in [5.74, 6) is -0.387. The highest BCUT2D eigenvalue weighted by molar-refractivity contribution is 6.30. The van der Waals surface area contributed by atoms with Crippen LogP contribution in [0.3, 0.4) is 0 Å². The van der Waals surface area contributed by atoms with Crippen molar-refractivity contribution >= 4 is 29.2 Å². The molecule has 0 saturated carbocycles. The normalized spacial score (nSPS) is 15.6. The molecule has 3 N–H and O–H groups in total. The Morgan fingerprint density at radius 3 is 2.81 bits per heavy atom. The van der Waals surface area contributed by atoms with Gasteiger partial charge in [-0.05, 0) is 0 Å². The van der Waals surface area contributed by atoms with Crippen molar-refractivity contribution in [3.8, 4) is 17.0 Å². The number of aromatic nitrogens is 3. The molecule has 2 aromatic heterocycles. The fourth-order valence-corrected chi connectivity index (χ4v) is 3.34. The Bertz CT molecular complexity index is 1140. The lowest BCUT2D eigenvalue weighted by Crippen LogP contribution is -2.49. The van der Waals surface area contributed by atoms with E-state index < -0.39 is 11.9 Å². The van der Waals surface area contributed by atoms with Gasteiger partial charge >= 0.3 is 0 Å². The summed E-state index contributed by atoms with van der Waals surface area (Å²) in [6, 6.07) is 9.97. The van der Waals surface area contributed by atoms with Crippen LogP contribution >= 0.6 is 11.6 Å². The van der Waals surface area contributed by atoms with E-state index >= 15 is 0 Å². The predicted molar refractivity (Wildman–Crippen MR) is 115 cm³/mol. The lowest BCUT2D eigenvalue weighted by Gasteiger charge is -2.19. The van der Waals surface area contributed by atoms with Gasteiger partial charge in [-0.2, -0.15) is 0 Å². The van der Waals surface area contributed by atoms with Crippen molar-refractivity contribution in [2.45, 2.75) is 12.6 Å². The summed E-state index contributed by atoms with van der Waals surface area (Å²) in [6.45, 7) is 0.135. The fourth-order valence-electron chi connectivity index (χ4n) is 3.19. The zero-order valence-corrected chi connectivity index (χ0v) is 17.3. The van der Waals surface area contributed by atoms with Crippen LogP contribution in [0.2, 0.25) is 5.02 Å². The van der Waals surface area contributed by atoms with Crippen LogP contribution in [0.25, 0.3) is 11.3 Å². The van der Waals surface area contributed by atoms with Gasteiger partial charge in [-0.3, -0.25) is 14.5 Å². The third-order valence-electron chi connectivity index (χ3n) is 4.79. The number of hydrogen-bond donors (Lipinski definition) is 2. The highest BCUT2D eigenvalue weighted by Crippen LogP contribution is 2.30. The maximum Gasteiger partial charge on any atom is 0.289 e. The van der Waals surface area contributed by atoms with Crippen LogP contribution in [0.5, 0.6) is 5.75 Å². The highest BCUT2D eigenvalue weighted by atomic mass is 35.5. The molecule has 2 amide bonds. The van der Waals surface area contributed by atoms with Gasteiger partial charge < -0.3 is 15.8 Å². The van der Waals surface area contributed by atoms with Crippen molar-refractivity contribution in [1.82, 2.24) is 20.3 Å². The predicted octanol–water partition coefficient (Wildman–Crippen LogP) is 1.80. The number of hydrogen-bond acceptors (Lipinski definition) is 7. The molecule has 1 aromatic carbocycles. The minimum Gasteiger partial charge on any atom is -0.487 e. The fraction of sp³-hybridized carbons (Fsp3) is 0.190. The number of ether oxygens (including phenoxy) is 1. The summed E-state index contributed by atoms with van der Waals surface area (Å²) in [6.07, 6.45) is 2.94. The highest BCUT2D eigenvalue weighted by Gasteiger charge is 2.32. The molecule has 0 saturated heterocycles. The Labute approximate surface area is 183 Å². The smallest absolute Gasteiger partial charge is 0.289 e. The van der Waals surface area contributed by atoms with Crippen molar-refractivity contribution in [3.63, 3.8) is 0 Å². The number of nitrogens with two attached hydrogens (primary N) is 1. The molecular weight excluding hydrogens is 420 g/mol. The van der Waals surface area contributed by atoms with Crippen LogP contribution in [-0.2, 0) is 11.3 Å². The van der Waals surface area contributed by atoms with Gasteiger partial charge in [0.15, 0.2) is 11.6 Å². The Hall–Kier alpha value is -3.56. The van der Waals surface area contributed by atoms with Gasteiger partial charge in [-0.15, -0.1) is 0 Å². The van der Waals surface area contributed by atoms with Crippen molar-refractivity contribution < 1.29 is 14.3 Å². The van der Waals surface area contributed by atoms with Crippen LogP contribution in [0.15, 0.2) is 48.8 Å². The number of halogens is 1. The van der Waals surface area contributed by atoms with Crippen LogP contribution < -0.4 is 20.7 Å². The van der Waals surface area contributed by atoms with Gasteiger partial charge in [0.1, 0.15) is 12.6 Å². The number of carbonyl (C=O) groups excluding carboxylic acids is 2. The van der Waals surface area contributed by atoms with Crippen LogP contribution in [-0.4, -0.2) is 46.5 Å². The number of carbonyl (C=O) groups is 2. The molecule has 0 spiro atoms. The summed E-state index contributed by atoms with van der Waals surface area (Å²) in [5, 5.41) is 3.03. The van der Waals surface area contributed by atoms with Crippen molar-refractivity contribution in [3.05, 3.63) is 65.2 Å². The largest absolute Gasteiger partial charge is 0.487 e. The van der Waals surface area contributed by atoms with Gasteiger partial charge in [0.25, 0.3) is 11.8 Å². The van der Waals surface area contributed by atoms with E-state index in [1.165, 1.54) is 17.3 Å². The average molecular weight is 439 g/mol. The van der Waals surface area contributed by atoms with Crippen LogP contribution in [0, 0.1) is 0 Å². The number of anilines is 1. The molecule has 10 heteroatoms. The number of nitrogens with one attached hydrogen (secondary N) is 1. The van der Waals surface area contributed by atoms with E-state index in [2.05, 4.69) is 20.3 Å². The van der Waals surface area contributed by atoms with E-state index in [0.29, 0.717) is 27.8 Å². The summed E-state index contributed by atoms with van der Waals surface area (Å²) in [4.78, 5) is 39.7. The van der Waals surface area contributed by atoms with E-state index in [4.69, 9.17) is 22.1 Å². The molecule has 4 rings (SSSR count). The number of rotatable bonds is 4. The maximum absolute atomic E-state index is 12.9. The summed E-state index contributed by atoms with van der Waals surface area (Å²) < 4.78 is 5.67. The Balaban J connectivity index is 1.58. The first-order valence-corrected chi connectivity index (χ1v) is 9.84. The minimum atomic E-state index is -0.955. The van der Waals surface area contributed by atoms with E-state index in [1.54, 1.807) is 13.1 Å². The molecule has 0 bridgehead atoms. The molecule has 9 nitrogen and oxygen atoms in total. The maximum atomic E-state index is 12.9. The molecule has 1 atom stereocenters. The van der Waals surface area contributed by atoms with Crippen molar-refractivity contribution in [2.75, 3.05) is 18.6 Å². The second-order valence-corrected chi connectivity index (χ2v) is 7.28. The van der Waals surface area contributed by atoms with Gasteiger partial charge in [-0.25, -0.2) is 15.0 Å². The molecule has 0 aliphatic carbocycles. The van der Waals surface area contributed by atoms with E-state index in [9.17, 15) is 9.59 Å². The molecule has 3 aromatic rings. The average Bonchev–Trinajstić information content (AvgIpc) is 2.91. The van der Waals surface area contributed by atoms with E-state index in [-0.39, 0.29) is 24.9 Å². The second kappa shape index (κ2) is 8.66. The van der Waals surface area contributed by atoms with Gasteiger partial charge in [0.2, 0.25) is 5.82 Å². The molecule has 3 heterocycles. The number of amides is 2. The summed E-state index contributed by atoms with van der Waals surface area (Å²) in [5.41, 5.74) is 7.88. The minimum absolute atomic E-state index is 0.0746. The third-order valence-corrected chi connectivity index (χ3v) is 5.00. The molecule has 158 valence electrons. The van der Waals surface area contributed by atoms with Gasteiger partial charge in [-0.1, -0.05) is 41.9 Å². The number of nitrogens with zero attached hydrogens (tertiary/aromatic N) is 4. The first kappa shape index (κ1) is 20.7. The Kier molecular flexibility index (Phi) is 5.79. The zero-order chi connectivity index (χ0) is 22.0. The summed E-state index contributed by atoms with van der Waals surface area (Å²) >= 11 is 5.96. The molecule has 1 unspecified atom stereocenters. The lowest BCUT2D eigenvalue weighted by molar-refractivity contribution is -0.120. The van der Waals surface area contributed by atoms with Crippen molar-refractivity contribution in [2.24, 2.45) is 5.73 Å². The molecule has 1 aliphatic heterocycles. The Morgan fingerprint density at radius 2 is 2.06 bits per heavy atom. The monoisotopic (exact) mass is 438 g/mol. The second-order valence-electron chi connectivity index (χ2n) is 6.85. The first-order chi connectivity index (χ1) is 15.0. The van der Waals surface area contributed by atoms with Crippen LogP contribution in [0.4, 0.5) is 5.82 Å². The lowest BCUT2D eigenvalue weighted by atomic mass is 10.1. The van der Waals surface area contributed by atoms with Gasteiger partial charge in [0, 0.05) is 43.2 Å². The molecular formula is C21H19ClN6O3. The Morgan fingerprint density at radius 1 is 1.29 bits per heavy atom.